The van der Waals surface area contributed by atoms with Crippen molar-refractivity contribution in [3.05, 3.63) is 93.9 Å². The van der Waals surface area contributed by atoms with Gasteiger partial charge < -0.3 is 10.2 Å². The quantitative estimate of drug-likeness (QED) is 0.281. The minimum absolute atomic E-state index is 0.220. The number of aromatic hydroxyl groups is 2. The molecule has 0 radical (unpaired) electrons. The molecule has 5 heteroatoms. The molecule has 0 aromatic heterocycles. The summed E-state index contributed by atoms with van der Waals surface area (Å²) in [7, 11) is 0. The van der Waals surface area contributed by atoms with Gasteiger partial charge in [-0.15, -0.1) is 0 Å². The van der Waals surface area contributed by atoms with E-state index in [9.17, 15) is 10.2 Å². The molecule has 0 aliphatic heterocycles. The van der Waals surface area contributed by atoms with E-state index < -0.39 is 0 Å². The zero-order valence-corrected chi connectivity index (χ0v) is 19.1. The lowest BCUT2D eigenvalue weighted by molar-refractivity contribution is 0.473. The van der Waals surface area contributed by atoms with Crippen molar-refractivity contribution in [3.63, 3.8) is 0 Å². The number of phenolic OH excluding ortho intramolecular Hbond substituents is 2. The van der Waals surface area contributed by atoms with Gasteiger partial charge in [-0.3, -0.25) is 0 Å². The van der Waals surface area contributed by atoms with Gasteiger partial charge in [0.2, 0.25) is 0 Å². The second-order valence-electron chi connectivity index (χ2n) is 6.44. The van der Waals surface area contributed by atoms with Crippen LogP contribution in [0.4, 0.5) is 0 Å². The number of benzene rings is 4. The Hall–Kier alpha value is -2.21. The van der Waals surface area contributed by atoms with Crippen LogP contribution in [0.1, 0.15) is 0 Å². The van der Waals surface area contributed by atoms with Crippen molar-refractivity contribution in [1.82, 2.24) is 0 Å². The molecule has 0 atom stereocenters. The molecule has 0 unspecified atom stereocenters. The molecule has 0 heterocycles. The van der Waals surface area contributed by atoms with Crippen LogP contribution in [-0.2, 0) is 0 Å². The predicted octanol–water partition coefficient (Wildman–Crippen LogP) is 8.11. The molecular weight excluding hydrogens is 512 g/mol. The third-order valence-corrected chi connectivity index (χ3v) is 6.63. The maximum atomic E-state index is 10.5. The van der Waals surface area contributed by atoms with Gasteiger partial charge in [0.05, 0.1) is 8.95 Å². The van der Waals surface area contributed by atoms with Gasteiger partial charge >= 0.3 is 0 Å². The second-order valence-corrected chi connectivity index (χ2v) is 9.29. The summed E-state index contributed by atoms with van der Waals surface area (Å²) < 4.78 is 1.28. The van der Waals surface area contributed by atoms with Crippen molar-refractivity contribution < 1.29 is 10.2 Å². The highest BCUT2D eigenvalue weighted by molar-refractivity contribution is 9.11. The van der Waals surface area contributed by atoms with Crippen molar-refractivity contribution >= 4 is 43.6 Å². The molecule has 2 N–H and O–H groups in total. The topological polar surface area (TPSA) is 40.5 Å². The fourth-order valence-corrected chi connectivity index (χ4v) is 5.28. The Morgan fingerprint density at radius 1 is 0.552 bits per heavy atom. The smallest absolute Gasteiger partial charge is 0.137 e. The van der Waals surface area contributed by atoms with E-state index in [1.165, 1.54) is 0 Å². The van der Waals surface area contributed by atoms with Crippen molar-refractivity contribution in [3.8, 4) is 33.8 Å². The lowest BCUT2D eigenvalue weighted by Gasteiger charge is -2.13. The number of rotatable bonds is 4. The predicted molar refractivity (Wildman–Crippen MR) is 127 cm³/mol. The first-order valence-corrected chi connectivity index (χ1v) is 11.3. The summed E-state index contributed by atoms with van der Waals surface area (Å²) in [4.78, 5) is 1.95. The third-order valence-electron chi connectivity index (χ3n) is 4.48. The van der Waals surface area contributed by atoms with Crippen molar-refractivity contribution in [1.29, 1.82) is 0 Å². The van der Waals surface area contributed by atoms with Crippen molar-refractivity contribution in [2.24, 2.45) is 0 Å². The lowest BCUT2D eigenvalue weighted by Crippen LogP contribution is -1.85. The van der Waals surface area contributed by atoms with Gasteiger partial charge in [0.1, 0.15) is 11.5 Å². The SMILES string of the molecule is Oc1c(Br)cc(Sc2cc(Br)c(O)c(-c3ccccc3)c2)cc1-c1ccccc1. The van der Waals surface area contributed by atoms with E-state index in [1.807, 2.05) is 84.9 Å². The normalized spacial score (nSPS) is 10.8. The molecule has 0 saturated carbocycles. The van der Waals surface area contributed by atoms with E-state index in [1.54, 1.807) is 11.8 Å². The van der Waals surface area contributed by atoms with Crippen LogP contribution in [0.3, 0.4) is 0 Å². The number of hydrogen-bond acceptors (Lipinski definition) is 3. The Balaban J connectivity index is 1.75. The molecule has 2 nitrogen and oxygen atoms in total. The fraction of sp³-hybridized carbons (Fsp3) is 0. The van der Waals surface area contributed by atoms with E-state index in [0.29, 0.717) is 8.95 Å². The van der Waals surface area contributed by atoms with Crippen LogP contribution in [0.5, 0.6) is 11.5 Å². The van der Waals surface area contributed by atoms with E-state index in [2.05, 4.69) is 31.9 Å². The summed E-state index contributed by atoms with van der Waals surface area (Å²) in [5.41, 5.74) is 3.43. The van der Waals surface area contributed by atoms with Crippen LogP contribution < -0.4 is 0 Å². The van der Waals surface area contributed by atoms with Crippen LogP contribution in [0.15, 0.2) is 104 Å². The fourth-order valence-electron chi connectivity index (χ4n) is 3.08. The minimum atomic E-state index is 0.220. The van der Waals surface area contributed by atoms with Crippen LogP contribution in [0.25, 0.3) is 22.3 Å². The minimum Gasteiger partial charge on any atom is -0.506 e. The number of phenols is 2. The first-order chi connectivity index (χ1) is 14.0. The monoisotopic (exact) mass is 526 g/mol. The van der Waals surface area contributed by atoms with Crippen molar-refractivity contribution in [2.75, 3.05) is 0 Å². The standard InChI is InChI=1S/C24H16Br2O2S/c25-21-13-17(11-19(23(21)27)15-7-3-1-4-8-15)29-18-12-20(24(28)22(26)14-18)16-9-5-2-6-10-16/h1-14,27-28H. The Morgan fingerprint density at radius 2 is 0.931 bits per heavy atom. The van der Waals surface area contributed by atoms with E-state index >= 15 is 0 Å². The average Bonchev–Trinajstić information content (AvgIpc) is 2.74. The maximum Gasteiger partial charge on any atom is 0.137 e. The van der Waals surface area contributed by atoms with Crippen LogP contribution in [0, 0.1) is 0 Å². The van der Waals surface area contributed by atoms with Gasteiger partial charge in [-0.25, -0.2) is 0 Å². The first kappa shape index (κ1) is 20.1. The van der Waals surface area contributed by atoms with Gasteiger partial charge in [0, 0.05) is 20.9 Å². The van der Waals surface area contributed by atoms with Gasteiger partial charge in [0.25, 0.3) is 0 Å². The summed E-state index contributed by atoms with van der Waals surface area (Å²) >= 11 is 8.51. The Bertz CT molecular complexity index is 1070. The summed E-state index contributed by atoms with van der Waals surface area (Å²) in [5, 5.41) is 21.0. The zero-order valence-electron chi connectivity index (χ0n) is 15.1. The van der Waals surface area contributed by atoms with E-state index in [4.69, 9.17) is 0 Å². The summed E-state index contributed by atoms with van der Waals surface area (Å²) in [6.45, 7) is 0. The highest BCUT2D eigenvalue weighted by Gasteiger charge is 2.14. The van der Waals surface area contributed by atoms with Gasteiger partial charge in [-0.1, -0.05) is 72.4 Å². The molecule has 0 spiro atoms. The number of halogens is 2. The van der Waals surface area contributed by atoms with Crippen LogP contribution >= 0.6 is 43.6 Å². The Labute approximate surface area is 190 Å². The molecule has 0 fully saturated rings. The molecular formula is C24H16Br2O2S. The molecule has 0 bridgehead atoms. The number of hydrogen-bond donors (Lipinski definition) is 2. The zero-order chi connectivity index (χ0) is 20.4. The first-order valence-electron chi connectivity index (χ1n) is 8.86. The highest BCUT2D eigenvalue weighted by Crippen LogP contribution is 2.44. The molecule has 0 saturated heterocycles. The molecule has 0 aliphatic rings. The van der Waals surface area contributed by atoms with Crippen LogP contribution in [-0.4, -0.2) is 10.2 Å². The molecule has 144 valence electrons. The highest BCUT2D eigenvalue weighted by atomic mass is 79.9. The summed E-state index contributed by atoms with van der Waals surface area (Å²) in [6, 6.07) is 27.3. The Morgan fingerprint density at radius 3 is 1.31 bits per heavy atom. The average molecular weight is 528 g/mol. The molecule has 4 aromatic carbocycles. The van der Waals surface area contributed by atoms with E-state index in [0.717, 1.165) is 32.0 Å². The van der Waals surface area contributed by atoms with Gasteiger partial charge in [0.15, 0.2) is 0 Å². The molecule has 4 aromatic rings. The van der Waals surface area contributed by atoms with Crippen LogP contribution in [0.2, 0.25) is 0 Å². The third kappa shape index (κ3) is 4.37. The van der Waals surface area contributed by atoms with Crippen molar-refractivity contribution in [2.45, 2.75) is 9.79 Å². The van der Waals surface area contributed by atoms with E-state index in [-0.39, 0.29) is 11.5 Å². The lowest BCUT2D eigenvalue weighted by atomic mass is 10.0. The van der Waals surface area contributed by atoms with Gasteiger partial charge in [-0.2, -0.15) is 0 Å². The second kappa shape index (κ2) is 8.66. The molecule has 29 heavy (non-hydrogen) atoms. The largest absolute Gasteiger partial charge is 0.506 e. The van der Waals surface area contributed by atoms with Gasteiger partial charge in [-0.05, 0) is 67.3 Å². The summed E-state index contributed by atoms with van der Waals surface area (Å²) in [6.07, 6.45) is 0. The molecule has 4 rings (SSSR count). The maximum absolute atomic E-state index is 10.5. The molecule has 0 amide bonds. The summed E-state index contributed by atoms with van der Waals surface area (Å²) in [5.74, 6) is 0.440. The Kier molecular flexibility index (Phi) is 5.99. The molecule has 0 aliphatic carbocycles.